The smallest absolute Gasteiger partial charge is 0.282 e. The number of benzene rings is 4. The molecule has 0 fully saturated rings. The minimum absolute atomic E-state index is 0.164. The molecule has 0 aliphatic carbocycles. The first-order chi connectivity index (χ1) is 21.3. The molecule has 0 saturated heterocycles. The number of hydrogen-bond donors (Lipinski definition) is 2. The standard InChI is InChI=1S/C36H32N6O2/c1-23-5-17-31(18-6-23)41-35(43)33(25(3)39-41)21-37-29-13-9-27(10-14-29)28-11-15-30(16-12-28)38-22-34-26(4)40-42(36(34)44)32-19-7-24(2)8-20-32/h5-22,37-38H,1-4H3. The van der Waals surface area contributed by atoms with Crippen LogP contribution in [0.5, 0.6) is 0 Å². The quantitative estimate of drug-likeness (QED) is 0.223. The van der Waals surface area contributed by atoms with E-state index in [1.54, 1.807) is 12.4 Å². The molecule has 2 aliphatic rings. The van der Waals surface area contributed by atoms with Gasteiger partial charge in [-0.05, 0) is 87.4 Å². The number of carbonyl (C=O) groups excluding carboxylic acids is 2. The fourth-order valence-electron chi connectivity index (χ4n) is 4.92. The van der Waals surface area contributed by atoms with E-state index in [-0.39, 0.29) is 11.8 Å². The lowest BCUT2D eigenvalue weighted by Gasteiger charge is -2.12. The molecule has 8 heteroatoms. The minimum atomic E-state index is -0.164. The third-order valence-electron chi connectivity index (χ3n) is 7.55. The Labute approximate surface area is 256 Å². The highest BCUT2D eigenvalue weighted by Crippen LogP contribution is 2.27. The van der Waals surface area contributed by atoms with E-state index in [2.05, 4.69) is 20.8 Å². The Morgan fingerprint density at radius 1 is 0.500 bits per heavy atom. The molecule has 2 amide bonds. The van der Waals surface area contributed by atoms with Gasteiger partial charge in [0, 0.05) is 23.8 Å². The summed E-state index contributed by atoms with van der Waals surface area (Å²) in [7, 11) is 0. The van der Waals surface area contributed by atoms with E-state index in [1.165, 1.54) is 10.0 Å². The number of hydrogen-bond acceptors (Lipinski definition) is 6. The van der Waals surface area contributed by atoms with E-state index < -0.39 is 0 Å². The Bertz CT molecular complexity index is 1710. The highest BCUT2D eigenvalue weighted by Gasteiger charge is 2.29. The summed E-state index contributed by atoms with van der Waals surface area (Å²) in [6.07, 6.45) is 3.42. The second-order valence-corrected chi connectivity index (χ2v) is 10.8. The van der Waals surface area contributed by atoms with Crippen LogP contribution in [-0.4, -0.2) is 23.2 Å². The molecule has 0 unspecified atom stereocenters. The number of aryl methyl sites for hydroxylation is 2. The van der Waals surface area contributed by atoms with Crippen molar-refractivity contribution in [3.63, 3.8) is 0 Å². The fraction of sp³-hybridized carbons (Fsp3) is 0.111. The van der Waals surface area contributed by atoms with Crippen LogP contribution in [0.2, 0.25) is 0 Å². The molecule has 4 aromatic rings. The molecular formula is C36H32N6O2. The van der Waals surface area contributed by atoms with Crippen LogP contribution in [0.1, 0.15) is 25.0 Å². The van der Waals surface area contributed by atoms with Crippen LogP contribution in [0, 0.1) is 13.8 Å². The van der Waals surface area contributed by atoms with Gasteiger partial charge in [0.05, 0.1) is 33.9 Å². The highest BCUT2D eigenvalue weighted by atomic mass is 16.2. The number of nitrogens with one attached hydrogen (secondary N) is 2. The zero-order chi connectivity index (χ0) is 30.8. The van der Waals surface area contributed by atoms with E-state index in [1.807, 2.05) is 125 Å². The number of carbonyl (C=O) groups is 2. The van der Waals surface area contributed by atoms with E-state index >= 15 is 0 Å². The second kappa shape index (κ2) is 11.9. The van der Waals surface area contributed by atoms with Crippen molar-refractivity contribution in [2.24, 2.45) is 10.2 Å². The summed E-state index contributed by atoms with van der Waals surface area (Å²) >= 11 is 0. The first-order valence-electron chi connectivity index (χ1n) is 14.3. The number of amides is 2. The molecule has 218 valence electrons. The summed E-state index contributed by atoms with van der Waals surface area (Å²) in [6.45, 7) is 7.68. The molecule has 44 heavy (non-hydrogen) atoms. The molecule has 2 N–H and O–H groups in total. The minimum Gasteiger partial charge on any atom is -0.361 e. The Kier molecular flexibility index (Phi) is 7.64. The number of nitrogens with zero attached hydrogens (tertiary/aromatic N) is 4. The molecule has 2 heterocycles. The maximum absolute atomic E-state index is 13.0. The van der Waals surface area contributed by atoms with Crippen molar-refractivity contribution in [3.05, 3.63) is 132 Å². The van der Waals surface area contributed by atoms with Gasteiger partial charge < -0.3 is 10.6 Å². The average Bonchev–Trinajstić information content (AvgIpc) is 3.48. The maximum Gasteiger partial charge on any atom is 0.282 e. The third-order valence-corrected chi connectivity index (χ3v) is 7.55. The second-order valence-electron chi connectivity index (χ2n) is 10.8. The van der Waals surface area contributed by atoms with Gasteiger partial charge in [0.2, 0.25) is 0 Å². The van der Waals surface area contributed by atoms with Crippen LogP contribution in [-0.2, 0) is 9.59 Å². The molecular weight excluding hydrogens is 548 g/mol. The molecule has 0 bridgehead atoms. The van der Waals surface area contributed by atoms with Gasteiger partial charge in [0.15, 0.2) is 0 Å². The van der Waals surface area contributed by atoms with E-state index in [4.69, 9.17) is 0 Å². The molecule has 6 rings (SSSR count). The molecule has 2 aliphatic heterocycles. The largest absolute Gasteiger partial charge is 0.361 e. The van der Waals surface area contributed by atoms with Crippen molar-refractivity contribution in [2.45, 2.75) is 27.7 Å². The summed E-state index contributed by atoms with van der Waals surface area (Å²) in [5, 5.41) is 18.2. The Hall–Kier alpha value is -5.76. The van der Waals surface area contributed by atoms with Gasteiger partial charge in [-0.1, -0.05) is 59.7 Å². The SMILES string of the molecule is CC1=NN(c2ccc(C)cc2)C(=O)C1=CNc1ccc(-c2ccc(NC=C3C(=O)N(c4ccc(C)cc4)N=C3C)cc2)cc1. The highest BCUT2D eigenvalue weighted by molar-refractivity contribution is 6.30. The lowest BCUT2D eigenvalue weighted by molar-refractivity contribution is -0.115. The van der Waals surface area contributed by atoms with Gasteiger partial charge in [0.25, 0.3) is 11.8 Å². The molecule has 4 aromatic carbocycles. The molecule has 0 saturated carbocycles. The van der Waals surface area contributed by atoms with E-state index in [0.29, 0.717) is 22.6 Å². The fourth-order valence-corrected chi connectivity index (χ4v) is 4.92. The average molecular weight is 581 g/mol. The van der Waals surface area contributed by atoms with E-state index in [0.717, 1.165) is 45.0 Å². The van der Waals surface area contributed by atoms with Crippen LogP contribution < -0.4 is 20.7 Å². The summed E-state index contributed by atoms with van der Waals surface area (Å²) < 4.78 is 0. The van der Waals surface area contributed by atoms with Crippen LogP contribution in [0.3, 0.4) is 0 Å². The first-order valence-corrected chi connectivity index (χ1v) is 14.3. The molecule has 0 aromatic heterocycles. The summed E-state index contributed by atoms with van der Waals surface area (Å²) in [5.74, 6) is -0.327. The number of hydrazone groups is 2. The lowest BCUT2D eigenvalue weighted by Crippen LogP contribution is -2.21. The molecule has 8 nitrogen and oxygen atoms in total. The van der Waals surface area contributed by atoms with Crippen molar-refractivity contribution in [2.75, 3.05) is 20.7 Å². The Morgan fingerprint density at radius 3 is 1.18 bits per heavy atom. The zero-order valence-corrected chi connectivity index (χ0v) is 25.0. The van der Waals surface area contributed by atoms with Crippen LogP contribution in [0.25, 0.3) is 11.1 Å². The van der Waals surface area contributed by atoms with Crippen molar-refractivity contribution >= 4 is 46.0 Å². The lowest BCUT2D eigenvalue weighted by atomic mass is 10.0. The number of anilines is 4. The topological polar surface area (TPSA) is 89.4 Å². The first kappa shape index (κ1) is 28.4. The molecule has 0 spiro atoms. The van der Waals surface area contributed by atoms with Gasteiger partial charge in [-0.15, -0.1) is 0 Å². The van der Waals surface area contributed by atoms with Gasteiger partial charge in [-0.2, -0.15) is 20.2 Å². The van der Waals surface area contributed by atoms with Crippen LogP contribution in [0.15, 0.2) is 131 Å². The van der Waals surface area contributed by atoms with Gasteiger partial charge >= 0.3 is 0 Å². The summed E-state index contributed by atoms with van der Waals surface area (Å²) in [4.78, 5) is 26.0. The van der Waals surface area contributed by atoms with Gasteiger partial charge in [-0.3, -0.25) is 9.59 Å². The number of rotatable bonds is 7. The van der Waals surface area contributed by atoms with Crippen molar-refractivity contribution in [1.82, 2.24) is 0 Å². The van der Waals surface area contributed by atoms with Crippen molar-refractivity contribution < 1.29 is 9.59 Å². The maximum atomic E-state index is 13.0. The zero-order valence-electron chi connectivity index (χ0n) is 25.0. The molecule has 0 radical (unpaired) electrons. The predicted molar refractivity (Wildman–Crippen MR) is 179 cm³/mol. The third kappa shape index (κ3) is 5.78. The summed E-state index contributed by atoms with van der Waals surface area (Å²) in [6, 6.07) is 31.4. The van der Waals surface area contributed by atoms with Gasteiger partial charge in [0.1, 0.15) is 0 Å². The Balaban J connectivity index is 1.08. The Morgan fingerprint density at radius 2 is 0.841 bits per heavy atom. The van der Waals surface area contributed by atoms with Crippen molar-refractivity contribution in [1.29, 1.82) is 0 Å². The monoisotopic (exact) mass is 580 g/mol. The van der Waals surface area contributed by atoms with Crippen LogP contribution >= 0.6 is 0 Å². The van der Waals surface area contributed by atoms with Crippen LogP contribution in [0.4, 0.5) is 22.7 Å². The summed E-state index contributed by atoms with van der Waals surface area (Å²) in [5.41, 5.74) is 9.93. The normalized spacial score (nSPS) is 16.5. The van der Waals surface area contributed by atoms with Gasteiger partial charge in [-0.25, -0.2) is 0 Å². The van der Waals surface area contributed by atoms with E-state index in [9.17, 15) is 9.59 Å². The van der Waals surface area contributed by atoms with Crippen molar-refractivity contribution in [3.8, 4) is 11.1 Å². The molecule has 0 atom stereocenters. The predicted octanol–water partition coefficient (Wildman–Crippen LogP) is 7.41.